The third kappa shape index (κ3) is 4.51. The van der Waals surface area contributed by atoms with Crippen LogP contribution in [-0.4, -0.2) is 60.8 Å². The molecule has 0 unspecified atom stereocenters. The molecule has 1 spiro atoms. The van der Waals surface area contributed by atoms with Gasteiger partial charge in [-0.1, -0.05) is 0 Å². The molecule has 0 aromatic carbocycles. The number of pyridine rings is 1. The molecule has 2 aliphatic rings. The predicted molar refractivity (Wildman–Crippen MR) is 102 cm³/mol. The summed E-state index contributed by atoms with van der Waals surface area (Å²) in [6, 6.07) is 3.62. The summed E-state index contributed by atoms with van der Waals surface area (Å²) in [5, 5.41) is 0. The minimum Gasteiger partial charge on any atom is -0.465 e. The second-order valence-electron chi connectivity index (χ2n) is 8.54. The number of likely N-dealkylation sites (tertiary alicyclic amines) is 1. The highest BCUT2D eigenvalue weighted by molar-refractivity contribution is 5.89. The van der Waals surface area contributed by atoms with E-state index in [0.29, 0.717) is 5.56 Å². The van der Waals surface area contributed by atoms with Crippen LogP contribution in [0.4, 0.5) is 10.6 Å². The quantitative estimate of drug-likeness (QED) is 0.740. The van der Waals surface area contributed by atoms with Crippen LogP contribution in [-0.2, 0) is 9.47 Å². The lowest BCUT2D eigenvalue weighted by Crippen LogP contribution is -2.43. The smallest absolute Gasteiger partial charge is 0.410 e. The number of amides is 1. The van der Waals surface area contributed by atoms with Crippen molar-refractivity contribution in [1.82, 2.24) is 9.88 Å². The SMILES string of the molecule is COC(=O)c1ccc(N2CCC3(CCN(C(=O)OC(C)(C)C)C3)CC2)nc1. The van der Waals surface area contributed by atoms with Crippen molar-refractivity contribution in [3.05, 3.63) is 23.9 Å². The number of ether oxygens (including phenoxy) is 2. The fraction of sp³-hybridized carbons (Fsp3) is 0.650. The highest BCUT2D eigenvalue weighted by Crippen LogP contribution is 2.41. The van der Waals surface area contributed by atoms with E-state index in [4.69, 9.17) is 9.47 Å². The Bertz CT molecular complexity index is 688. The Hall–Kier alpha value is -2.31. The zero-order chi connectivity index (χ0) is 19.7. The van der Waals surface area contributed by atoms with Gasteiger partial charge in [0, 0.05) is 32.4 Å². The number of rotatable bonds is 2. The van der Waals surface area contributed by atoms with E-state index in [1.807, 2.05) is 31.7 Å². The van der Waals surface area contributed by atoms with E-state index in [0.717, 1.165) is 51.3 Å². The van der Waals surface area contributed by atoms with Crippen LogP contribution in [0.15, 0.2) is 18.3 Å². The molecule has 3 rings (SSSR count). The molecule has 0 radical (unpaired) electrons. The number of aromatic nitrogens is 1. The Labute approximate surface area is 160 Å². The van der Waals surface area contributed by atoms with Gasteiger partial charge in [0.2, 0.25) is 0 Å². The maximum absolute atomic E-state index is 12.3. The van der Waals surface area contributed by atoms with Gasteiger partial charge in [0.25, 0.3) is 0 Å². The molecule has 0 saturated carbocycles. The Balaban J connectivity index is 1.56. The molecule has 1 aromatic rings. The molecule has 148 valence electrons. The molecule has 2 fully saturated rings. The molecule has 0 bridgehead atoms. The van der Waals surface area contributed by atoms with Crippen LogP contribution >= 0.6 is 0 Å². The number of carbonyl (C=O) groups is 2. The molecule has 2 aliphatic heterocycles. The average molecular weight is 375 g/mol. The predicted octanol–water partition coefficient (Wildman–Crippen LogP) is 3.10. The van der Waals surface area contributed by atoms with Crippen molar-refractivity contribution in [1.29, 1.82) is 0 Å². The first kappa shape index (κ1) is 19.5. The third-order valence-corrected chi connectivity index (χ3v) is 5.41. The maximum Gasteiger partial charge on any atom is 0.410 e. The van der Waals surface area contributed by atoms with E-state index in [1.54, 1.807) is 12.3 Å². The third-order valence-electron chi connectivity index (χ3n) is 5.41. The van der Waals surface area contributed by atoms with Crippen LogP contribution in [0.1, 0.15) is 50.4 Å². The molecule has 0 atom stereocenters. The molecular formula is C20H29N3O4. The lowest BCUT2D eigenvalue weighted by Gasteiger charge is -2.39. The Morgan fingerprint density at radius 2 is 1.78 bits per heavy atom. The monoisotopic (exact) mass is 375 g/mol. The van der Waals surface area contributed by atoms with Gasteiger partial charge in [-0.2, -0.15) is 0 Å². The van der Waals surface area contributed by atoms with Gasteiger partial charge in [-0.3, -0.25) is 0 Å². The van der Waals surface area contributed by atoms with Crippen molar-refractivity contribution >= 4 is 17.9 Å². The summed E-state index contributed by atoms with van der Waals surface area (Å²) < 4.78 is 10.2. The first-order valence-electron chi connectivity index (χ1n) is 9.49. The van der Waals surface area contributed by atoms with E-state index >= 15 is 0 Å². The molecule has 27 heavy (non-hydrogen) atoms. The summed E-state index contributed by atoms with van der Waals surface area (Å²) in [6.45, 7) is 9.01. The van der Waals surface area contributed by atoms with Crippen LogP contribution in [0.3, 0.4) is 0 Å². The molecule has 7 heteroatoms. The van der Waals surface area contributed by atoms with Gasteiger partial charge < -0.3 is 19.3 Å². The van der Waals surface area contributed by atoms with E-state index in [9.17, 15) is 9.59 Å². The van der Waals surface area contributed by atoms with Crippen LogP contribution in [0.2, 0.25) is 0 Å². The summed E-state index contributed by atoms with van der Waals surface area (Å²) in [4.78, 5) is 32.4. The van der Waals surface area contributed by atoms with Crippen molar-refractivity contribution in [2.75, 3.05) is 38.2 Å². The Kier molecular flexibility index (Phi) is 5.31. The first-order chi connectivity index (χ1) is 12.7. The van der Waals surface area contributed by atoms with Crippen molar-refractivity contribution in [3.63, 3.8) is 0 Å². The molecule has 7 nitrogen and oxygen atoms in total. The fourth-order valence-electron chi connectivity index (χ4n) is 3.85. The zero-order valence-corrected chi connectivity index (χ0v) is 16.7. The number of hydrogen-bond acceptors (Lipinski definition) is 6. The van der Waals surface area contributed by atoms with Crippen molar-refractivity contribution in [2.45, 2.75) is 45.6 Å². The van der Waals surface area contributed by atoms with Gasteiger partial charge in [0.15, 0.2) is 0 Å². The summed E-state index contributed by atoms with van der Waals surface area (Å²) in [5.74, 6) is 0.499. The number of hydrogen-bond donors (Lipinski definition) is 0. The normalized spacial score (nSPS) is 19.3. The lowest BCUT2D eigenvalue weighted by atomic mass is 9.78. The van der Waals surface area contributed by atoms with Crippen LogP contribution < -0.4 is 4.90 Å². The van der Waals surface area contributed by atoms with Crippen LogP contribution in [0.25, 0.3) is 0 Å². The van der Waals surface area contributed by atoms with E-state index in [2.05, 4.69) is 9.88 Å². The van der Waals surface area contributed by atoms with Crippen molar-refractivity contribution in [2.24, 2.45) is 5.41 Å². The average Bonchev–Trinajstić information content (AvgIpc) is 3.04. The highest BCUT2D eigenvalue weighted by atomic mass is 16.6. The lowest BCUT2D eigenvalue weighted by molar-refractivity contribution is 0.0266. The van der Waals surface area contributed by atoms with Crippen molar-refractivity contribution in [3.8, 4) is 0 Å². The van der Waals surface area contributed by atoms with E-state index in [-0.39, 0.29) is 17.5 Å². The number of esters is 1. The number of anilines is 1. The second kappa shape index (κ2) is 7.37. The topological polar surface area (TPSA) is 72.0 Å². The fourth-order valence-corrected chi connectivity index (χ4v) is 3.85. The number of methoxy groups -OCH3 is 1. The maximum atomic E-state index is 12.3. The molecule has 3 heterocycles. The number of carbonyl (C=O) groups excluding carboxylic acids is 2. The minimum atomic E-state index is -0.460. The van der Waals surface area contributed by atoms with Gasteiger partial charge >= 0.3 is 12.1 Å². The summed E-state index contributed by atoms with van der Waals surface area (Å²) in [6.07, 6.45) is 4.42. The van der Waals surface area contributed by atoms with Gasteiger partial charge in [0.05, 0.1) is 12.7 Å². The first-order valence-corrected chi connectivity index (χ1v) is 9.49. The van der Waals surface area contributed by atoms with Gasteiger partial charge in [-0.15, -0.1) is 0 Å². The highest BCUT2D eigenvalue weighted by Gasteiger charge is 2.43. The Morgan fingerprint density at radius 3 is 2.33 bits per heavy atom. The number of nitrogens with zero attached hydrogens (tertiary/aromatic N) is 3. The minimum absolute atomic E-state index is 0.180. The zero-order valence-electron chi connectivity index (χ0n) is 16.7. The standard InChI is InChI=1S/C20H29N3O4/c1-19(2,3)27-18(25)23-12-9-20(14-23)7-10-22(11-8-20)16-6-5-15(13-21-16)17(24)26-4/h5-6,13H,7-12,14H2,1-4H3. The van der Waals surface area contributed by atoms with E-state index < -0.39 is 5.60 Å². The van der Waals surface area contributed by atoms with Crippen LogP contribution in [0.5, 0.6) is 0 Å². The number of piperidine rings is 1. The molecule has 2 saturated heterocycles. The molecular weight excluding hydrogens is 346 g/mol. The van der Waals surface area contributed by atoms with Gasteiger partial charge in [0.1, 0.15) is 11.4 Å². The second-order valence-corrected chi connectivity index (χ2v) is 8.54. The molecule has 0 N–H and O–H groups in total. The van der Waals surface area contributed by atoms with Crippen LogP contribution in [0, 0.1) is 5.41 Å². The molecule has 1 amide bonds. The van der Waals surface area contributed by atoms with Gasteiger partial charge in [-0.05, 0) is 57.6 Å². The summed E-state index contributed by atoms with van der Waals surface area (Å²) in [5.41, 5.74) is 0.177. The molecule has 1 aromatic heterocycles. The van der Waals surface area contributed by atoms with Gasteiger partial charge in [-0.25, -0.2) is 14.6 Å². The Morgan fingerprint density at radius 1 is 1.11 bits per heavy atom. The largest absolute Gasteiger partial charge is 0.465 e. The molecule has 0 aliphatic carbocycles. The summed E-state index contributed by atoms with van der Waals surface area (Å²) in [7, 11) is 1.36. The van der Waals surface area contributed by atoms with Crippen molar-refractivity contribution < 1.29 is 19.1 Å². The van der Waals surface area contributed by atoms with E-state index in [1.165, 1.54) is 7.11 Å². The summed E-state index contributed by atoms with van der Waals surface area (Å²) >= 11 is 0.